The molecule has 0 spiro atoms. The third-order valence-corrected chi connectivity index (χ3v) is 4.00. The van der Waals surface area contributed by atoms with Gasteiger partial charge in [0.2, 0.25) is 5.91 Å². The van der Waals surface area contributed by atoms with E-state index in [4.69, 9.17) is 10.5 Å². The molecule has 1 amide bonds. The summed E-state index contributed by atoms with van der Waals surface area (Å²) in [6.45, 7) is 8.86. The van der Waals surface area contributed by atoms with Gasteiger partial charge in [0, 0.05) is 19.0 Å². The van der Waals surface area contributed by atoms with E-state index in [1.165, 1.54) is 0 Å². The molecular weight excluding hydrogens is 349 g/mol. The quantitative estimate of drug-likeness (QED) is 0.691. The van der Waals surface area contributed by atoms with E-state index in [1.54, 1.807) is 7.11 Å². The lowest BCUT2D eigenvalue weighted by molar-refractivity contribution is -0.124. The van der Waals surface area contributed by atoms with Crippen molar-refractivity contribution < 1.29 is 9.53 Å². The molecule has 3 N–H and O–H groups in total. The van der Waals surface area contributed by atoms with Gasteiger partial charge < -0.3 is 15.8 Å². The number of nitrogens with two attached hydrogens (primary N) is 1. The van der Waals surface area contributed by atoms with E-state index in [0.717, 1.165) is 24.4 Å². The molecule has 5 nitrogen and oxygen atoms in total. The molecule has 24 heavy (non-hydrogen) atoms. The molecule has 0 aliphatic carbocycles. The monoisotopic (exact) mass is 379 g/mol. The van der Waals surface area contributed by atoms with Gasteiger partial charge in [0.05, 0.1) is 13.2 Å². The van der Waals surface area contributed by atoms with Crippen LogP contribution in [0.1, 0.15) is 32.4 Å². The fourth-order valence-corrected chi connectivity index (χ4v) is 2.45. The Labute approximate surface area is 158 Å². The molecule has 0 aromatic heterocycles. The Bertz CT molecular complexity index is 471. The average Bonchev–Trinajstić information content (AvgIpc) is 2.57. The van der Waals surface area contributed by atoms with Crippen molar-refractivity contribution in [3.63, 3.8) is 0 Å². The molecule has 0 heterocycles. The van der Waals surface area contributed by atoms with Crippen molar-refractivity contribution in [3.8, 4) is 5.75 Å². The Morgan fingerprint density at radius 2 is 1.92 bits per heavy atom. The van der Waals surface area contributed by atoms with E-state index >= 15 is 0 Å². The van der Waals surface area contributed by atoms with Crippen LogP contribution in [0.3, 0.4) is 0 Å². The fraction of sp³-hybridized carbons (Fsp3) is 0.588. The van der Waals surface area contributed by atoms with Crippen molar-refractivity contribution in [3.05, 3.63) is 29.8 Å². The van der Waals surface area contributed by atoms with Gasteiger partial charge >= 0.3 is 0 Å². The Morgan fingerprint density at radius 1 is 1.29 bits per heavy atom. The number of nitrogens with zero attached hydrogens (tertiary/aromatic N) is 1. The minimum absolute atomic E-state index is 0. The molecule has 0 fully saturated rings. The summed E-state index contributed by atoms with van der Waals surface area (Å²) >= 11 is 0. The van der Waals surface area contributed by atoms with Gasteiger partial charge in [-0.1, -0.05) is 32.9 Å². The molecule has 0 saturated heterocycles. The molecular formula is C17H31Cl2N3O2. The number of hydrogen-bond acceptors (Lipinski definition) is 4. The predicted octanol–water partition coefficient (Wildman–Crippen LogP) is 2.63. The van der Waals surface area contributed by atoms with Gasteiger partial charge in [-0.3, -0.25) is 9.69 Å². The number of nitrogens with one attached hydrogen (secondary N) is 1. The average molecular weight is 380 g/mol. The number of methoxy groups -OCH3 is 1. The van der Waals surface area contributed by atoms with Gasteiger partial charge in [0.25, 0.3) is 0 Å². The number of carbonyl (C=O) groups excluding carboxylic acids is 1. The van der Waals surface area contributed by atoms with E-state index < -0.39 is 0 Å². The lowest BCUT2D eigenvalue weighted by atomic mass is 10.0. The second-order valence-electron chi connectivity index (χ2n) is 5.40. The van der Waals surface area contributed by atoms with Crippen LogP contribution in [-0.4, -0.2) is 44.1 Å². The molecule has 1 aromatic rings. The van der Waals surface area contributed by atoms with Crippen LogP contribution < -0.4 is 15.8 Å². The highest BCUT2D eigenvalue weighted by Gasteiger charge is 2.20. The molecule has 140 valence electrons. The number of benzene rings is 1. The smallest absolute Gasteiger partial charge is 0.224 e. The number of hydrogen-bond donors (Lipinski definition) is 2. The second-order valence-corrected chi connectivity index (χ2v) is 5.40. The Hall–Kier alpha value is -1.01. The van der Waals surface area contributed by atoms with Crippen LogP contribution >= 0.6 is 24.8 Å². The minimum Gasteiger partial charge on any atom is -0.497 e. The van der Waals surface area contributed by atoms with Crippen molar-refractivity contribution in [2.75, 3.05) is 33.3 Å². The maximum absolute atomic E-state index is 12.0. The van der Waals surface area contributed by atoms with Crippen LogP contribution in [0.4, 0.5) is 0 Å². The molecule has 0 aliphatic rings. The van der Waals surface area contributed by atoms with E-state index in [-0.39, 0.29) is 42.7 Å². The Kier molecular flexibility index (Phi) is 14.0. The summed E-state index contributed by atoms with van der Waals surface area (Å²) in [7, 11) is 1.66. The van der Waals surface area contributed by atoms with E-state index in [9.17, 15) is 4.79 Å². The largest absolute Gasteiger partial charge is 0.497 e. The number of halogens is 2. The molecule has 0 aliphatic heterocycles. The topological polar surface area (TPSA) is 67.6 Å². The molecule has 2 unspecified atom stereocenters. The van der Waals surface area contributed by atoms with Crippen LogP contribution in [0.15, 0.2) is 24.3 Å². The SMILES string of the molecule is CCN(CC)C(CNC(=O)C(C)CN)c1cccc(OC)c1.Cl.Cl. The van der Waals surface area contributed by atoms with Crippen molar-refractivity contribution in [2.24, 2.45) is 11.7 Å². The van der Waals surface area contributed by atoms with Crippen LogP contribution in [0.5, 0.6) is 5.75 Å². The highest BCUT2D eigenvalue weighted by Crippen LogP contribution is 2.23. The third kappa shape index (κ3) is 7.26. The summed E-state index contributed by atoms with van der Waals surface area (Å²) in [6, 6.07) is 8.14. The molecule has 7 heteroatoms. The molecule has 0 radical (unpaired) electrons. The van der Waals surface area contributed by atoms with Crippen molar-refractivity contribution in [1.29, 1.82) is 0 Å². The van der Waals surface area contributed by atoms with Crippen LogP contribution in [0.2, 0.25) is 0 Å². The summed E-state index contributed by atoms with van der Waals surface area (Å²) in [5.74, 6) is 0.668. The van der Waals surface area contributed by atoms with E-state index in [1.807, 2.05) is 25.1 Å². The Balaban J connectivity index is 0. The first-order valence-corrected chi connectivity index (χ1v) is 7.93. The number of ether oxygens (including phenoxy) is 1. The number of carbonyl (C=O) groups is 1. The maximum atomic E-state index is 12.0. The lowest BCUT2D eigenvalue weighted by Crippen LogP contribution is -2.41. The third-order valence-electron chi connectivity index (χ3n) is 4.00. The maximum Gasteiger partial charge on any atom is 0.224 e. The van der Waals surface area contributed by atoms with Crippen molar-refractivity contribution in [2.45, 2.75) is 26.8 Å². The first-order valence-electron chi connectivity index (χ1n) is 7.93. The number of rotatable bonds is 9. The molecule has 1 aromatic carbocycles. The molecule has 1 rings (SSSR count). The van der Waals surface area contributed by atoms with Gasteiger partial charge in [-0.25, -0.2) is 0 Å². The highest BCUT2D eigenvalue weighted by molar-refractivity contribution is 5.85. The summed E-state index contributed by atoms with van der Waals surface area (Å²) in [6.07, 6.45) is 0. The van der Waals surface area contributed by atoms with Crippen LogP contribution in [0, 0.1) is 5.92 Å². The Morgan fingerprint density at radius 3 is 2.42 bits per heavy atom. The van der Waals surface area contributed by atoms with Crippen LogP contribution in [-0.2, 0) is 4.79 Å². The highest BCUT2D eigenvalue weighted by atomic mass is 35.5. The first kappa shape index (κ1) is 25.2. The van der Waals surface area contributed by atoms with Crippen molar-refractivity contribution in [1.82, 2.24) is 10.2 Å². The predicted molar refractivity (Wildman–Crippen MR) is 104 cm³/mol. The number of likely N-dealkylation sites (N-methyl/N-ethyl adjacent to an activating group) is 1. The standard InChI is InChI=1S/C17H29N3O2.2ClH/c1-5-20(6-2)16(12-19-17(21)13(3)11-18)14-8-7-9-15(10-14)22-4;;/h7-10,13,16H,5-6,11-12,18H2,1-4H3,(H,19,21);2*1H. The number of amides is 1. The minimum atomic E-state index is -0.164. The zero-order chi connectivity index (χ0) is 16.5. The zero-order valence-electron chi connectivity index (χ0n) is 15.0. The molecule has 0 saturated carbocycles. The summed E-state index contributed by atoms with van der Waals surface area (Å²) in [5, 5.41) is 3.02. The van der Waals surface area contributed by atoms with Crippen molar-refractivity contribution >= 4 is 30.7 Å². The fourth-order valence-electron chi connectivity index (χ4n) is 2.45. The summed E-state index contributed by atoms with van der Waals surface area (Å²) in [4.78, 5) is 14.3. The van der Waals surface area contributed by atoms with E-state index in [0.29, 0.717) is 13.1 Å². The lowest BCUT2D eigenvalue weighted by Gasteiger charge is -2.30. The second kappa shape index (κ2) is 13.3. The van der Waals surface area contributed by atoms with Gasteiger partial charge in [-0.05, 0) is 30.8 Å². The molecule has 0 bridgehead atoms. The van der Waals surface area contributed by atoms with E-state index in [2.05, 4.69) is 30.1 Å². The first-order chi connectivity index (χ1) is 10.6. The zero-order valence-corrected chi connectivity index (χ0v) is 16.6. The van der Waals surface area contributed by atoms with Crippen LogP contribution in [0.25, 0.3) is 0 Å². The van der Waals surface area contributed by atoms with Gasteiger partial charge in [0.1, 0.15) is 5.75 Å². The molecule has 2 atom stereocenters. The summed E-state index contributed by atoms with van der Waals surface area (Å²) < 4.78 is 5.31. The van der Waals surface area contributed by atoms with Gasteiger partial charge in [0.15, 0.2) is 0 Å². The van der Waals surface area contributed by atoms with Gasteiger partial charge in [-0.15, -0.1) is 24.8 Å². The van der Waals surface area contributed by atoms with Gasteiger partial charge in [-0.2, -0.15) is 0 Å². The summed E-state index contributed by atoms with van der Waals surface area (Å²) in [5.41, 5.74) is 6.70. The normalized spacial score (nSPS) is 12.6.